The van der Waals surface area contributed by atoms with Crippen molar-refractivity contribution < 1.29 is 9.53 Å². The molecule has 0 saturated carbocycles. The molecular formula is C13H22N4O2S. The molecule has 2 heterocycles. The quantitative estimate of drug-likeness (QED) is 0.837. The smallest absolute Gasteiger partial charge is 0.409 e. The van der Waals surface area contributed by atoms with Gasteiger partial charge in [-0.2, -0.15) is 0 Å². The van der Waals surface area contributed by atoms with Gasteiger partial charge in [0.25, 0.3) is 0 Å². The lowest BCUT2D eigenvalue weighted by atomic mass is 9.98. The van der Waals surface area contributed by atoms with E-state index in [1.165, 1.54) is 0 Å². The van der Waals surface area contributed by atoms with E-state index < -0.39 is 0 Å². The molecule has 1 aliphatic heterocycles. The molecule has 1 aliphatic rings. The number of carbonyl (C=O) groups is 1. The van der Waals surface area contributed by atoms with Crippen molar-refractivity contribution in [2.75, 3.05) is 37.7 Å². The first-order chi connectivity index (χ1) is 9.41. The summed E-state index contributed by atoms with van der Waals surface area (Å²) in [5, 5.41) is 10.5. The highest BCUT2D eigenvalue weighted by Gasteiger charge is 2.26. The van der Waals surface area contributed by atoms with Crippen LogP contribution in [-0.2, 0) is 10.2 Å². The number of hydrogen-bond acceptors (Lipinski definition) is 6. The molecule has 1 amide bonds. The van der Waals surface area contributed by atoms with Crippen molar-refractivity contribution in [1.82, 2.24) is 15.1 Å². The molecule has 2 rings (SSSR count). The minimum atomic E-state index is -0.222. The fraction of sp³-hybridized carbons (Fsp3) is 0.769. The van der Waals surface area contributed by atoms with Gasteiger partial charge in [-0.25, -0.2) is 4.79 Å². The molecule has 0 unspecified atom stereocenters. The van der Waals surface area contributed by atoms with E-state index in [1.807, 2.05) is 6.92 Å². The molecule has 0 aliphatic carbocycles. The topological polar surface area (TPSA) is 58.6 Å². The minimum Gasteiger partial charge on any atom is -0.450 e. The highest BCUT2D eigenvalue weighted by molar-refractivity contribution is 7.15. The number of anilines is 1. The van der Waals surface area contributed by atoms with Gasteiger partial charge in [0.15, 0.2) is 0 Å². The first-order valence-corrected chi connectivity index (χ1v) is 7.74. The number of rotatable bonds is 2. The fourth-order valence-electron chi connectivity index (χ4n) is 1.94. The largest absolute Gasteiger partial charge is 0.450 e. The Hall–Kier alpha value is -1.37. The van der Waals surface area contributed by atoms with Crippen LogP contribution in [0, 0.1) is 0 Å². The molecule has 7 heteroatoms. The second-order valence-corrected chi connectivity index (χ2v) is 6.77. The fourth-order valence-corrected chi connectivity index (χ4v) is 2.90. The molecule has 0 radical (unpaired) electrons. The van der Waals surface area contributed by atoms with Crippen LogP contribution in [-0.4, -0.2) is 54.0 Å². The standard InChI is InChI=1S/C13H22N4O2S/c1-5-19-12(18)17-8-6-16(7-9-17)11-15-14-10(20-11)13(2,3)4/h5-9H2,1-4H3. The maximum absolute atomic E-state index is 11.6. The van der Waals surface area contributed by atoms with Gasteiger partial charge in [-0.05, 0) is 6.92 Å². The van der Waals surface area contributed by atoms with Crippen LogP contribution in [0.5, 0.6) is 0 Å². The van der Waals surface area contributed by atoms with Crippen LogP contribution in [0.15, 0.2) is 0 Å². The van der Waals surface area contributed by atoms with Crippen LogP contribution < -0.4 is 4.90 Å². The van der Waals surface area contributed by atoms with Crippen molar-refractivity contribution in [2.45, 2.75) is 33.1 Å². The summed E-state index contributed by atoms with van der Waals surface area (Å²) in [4.78, 5) is 15.6. The lowest BCUT2D eigenvalue weighted by Crippen LogP contribution is -2.49. The molecule has 112 valence electrons. The number of amides is 1. The van der Waals surface area contributed by atoms with Crippen LogP contribution in [0.25, 0.3) is 0 Å². The summed E-state index contributed by atoms with van der Waals surface area (Å²) in [6, 6.07) is 0. The molecule has 0 aromatic carbocycles. The van der Waals surface area contributed by atoms with Gasteiger partial charge < -0.3 is 14.5 Å². The van der Waals surface area contributed by atoms with Crippen molar-refractivity contribution >= 4 is 22.6 Å². The average Bonchev–Trinajstić information content (AvgIpc) is 2.89. The SMILES string of the molecule is CCOC(=O)N1CCN(c2nnc(C(C)(C)C)s2)CC1. The van der Waals surface area contributed by atoms with Crippen molar-refractivity contribution in [1.29, 1.82) is 0 Å². The van der Waals surface area contributed by atoms with Crippen molar-refractivity contribution in [2.24, 2.45) is 0 Å². The summed E-state index contributed by atoms with van der Waals surface area (Å²) >= 11 is 1.64. The number of carbonyl (C=O) groups excluding carboxylic acids is 1. The number of hydrogen-bond donors (Lipinski definition) is 0. The van der Waals surface area contributed by atoms with E-state index in [0.29, 0.717) is 19.7 Å². The Morgan fingerprint density at radius 3 is 2.40 bits per heavy atom. The third-order valence-electron chi connectivity index (χ3n) is 3.13. The van der Waals surface area contributed by atoms with Gasteiger partial charge >= 0.3 is 6.09 Å². The second kappa shape index (κ2) is 5.95. The third kappa shape index (κ3) is 3.39. The van der Waals surface area contributed by atoms with Crippen LogP contribution in [0.4, 0.5) is 9.93 Å². The Morgan fingerprint density at radius 2 is 1.90 bits per heavy atom. The molecule has 20 heavy (non-hydrogen) atoms. The molecule has 0 atom stereocenters. The van der Waals surface area contributed by atoms with Crippen molar-refractivity contribution in [3.05, 3.63) is 5.01 Å². The van der Waals surface area contributed by atoms with E-state index in [9.17, 15) is 4.79 Å². The van der Waals surface area contributed by atoms with Gasteiger partial charge in [-0.15, -0.1) is 10.2 Å². The lowest BCUT2D eigenvalue weighted by molar-refractivity contribution is 0.105. The monoisotopic (exact) mass is 298 g/mol. The predicted molar refractivity (Wildman–Crippen MR) is 79.4 cm³/mol. The Kier molecular flexibility index (Phi) is 4.47. The van der Waals surface area contributed by atoms with E-state index >= 15 is 0 Å². The number of nitrogens with zero attached hydrogens (tertiary/aromatic N) is 4. The van der Waals surface area contributed by atoms with Crippen LogP contribution in [0.3, 0.4) is 0 Å². The van der Waals surface area contributed by atoms with Crippen LogP contribution in [0.1, 0.15) is 32.7 Å². The molecule has 1 fully saturated rings. The van der Waals surface area contributed by atoms with Gasteiger partial charge in [0.2, 0.25) is 5.13 Å². The zero-order chi connectivity index (χ0) is 14.8. The summed E-state index contributed by atoms with van der Waals surface area (Å²) in [5.74, 6) is 0. The maximum Gasteiger partial charge on any atom is 0.409 e. The molecule has 1 saturated heterocycles. The molecule has 0 bridgehead atoms. The highest BCUT2D eigenvalue weighted by Crippen LogP contribution is 2.30. The van der Waals surface area contributed by atoms with Crippen molar-refractivity contribution in [3.8, 4) is 0 Å². The minimum absolute atomic E-state index is 0.0304. The molecule has 6 nitrogen and oxygen atoms in total. The molecule has 1 aromatic heterocycles. The Morgan fingerprint density at radius 1 is 1.25 bits per heavy atom. The van der Waals surface area contributed by atoms with E-state index in [2.05, 4.69) is 35.9 Å². The predicted octanol–water partition coefficient (Wildman–Crippen LogP) is 2.11. The van der Waals surface area contributed by atoms with Gasteiger partial charge in [0.05, 0.1) is 6.61 Å². The highest BCUT2D eigenvalue weighted by atomic mass is 32.1. The van der Waals surface area contributed by atoms with Crippen LogP contribution >= 0.6 is 11.3 Å². The molecular weight excluding hydrogens is 276 g/mol. The Labute approximate surface area is 123 Å². The van der Waals surface area contributed by atoms with Gasteiger partial charge in [-0.1, -0.05) is 32.1 Å². The van der Waals surface area contributed by atoms with Gasteiger partial charge in [0, 0.05) is 31.6 Å². The average molecular weight is 298 g/mol. The van der Waals surface area contributed by atoms with Crippen LogP contribution in [0.2, 0.25) is 0 Å². The second-order valence-electron chi connectivity index (χ2n) is 5.81. The zero-order valence-corrected chi connectivity index (χ0v) is 13.4. The van der Waals surface area contributed by atoms with Gasteiger partial charge in [-0.3, -0.25) is 0 Å². The summed E-state index contributed by atoms with van der Waals surface area (Å²) in [7, 11) is 0. The number of piperazine rings is 1. The van der Waals surface area contributed by atoms with Crippen molar-refractivity contribution in [3.63, 3.8) is 0 Å². The number of ether oxygens (including phenoxy) is 1. The summed E-state index contributed by atoms with van der Waals surface area (Å²) < 4.78 is 5.01. The normalized spacial score (nSPS) is 16.4. The maximum atomic E-state index is 11.6. The molecule has 0 spiro atoms. The van der Waals surface area contributed by atoms with E-state index in [4.69, 9.17) is 4.74 Å². The first-order valence-electron chi connectivity index (χ1n) is 6.92. The third-order valence-corrected chi connectivity index (χ3v) is 4.54. The zero-order valence-electron chi connectivity index (χ0n) is 12.5. The Bertz CT molecular complexity index is 461. The molecule has 1 aromatic rings. The van der Waals surface area contributed by atoms with E-state index in [0.717, 1.165) is 23.2 Å². The molecule has 0 N–H and O–H groups in total. The van der Waals surface area contributed by atoms with E-state index in [-0.39, 0.29) is 11.5 Å². The Balaban J connectivity index is 1.94. The van der Waals surface area contributed by atoms with E-state index in [1.54, 1.807) is 16.2 Å². The summed E-state index contributed by atoms with van der Waals surface area (Å²) in [5.41, 5.74) is 0.0304. The number of aromatic nitrogens is 2. The first kappa shape index (κ1) is 15.0. The summed E-state index contributed by atoms with van der Waals surface area (Å²) in [6.45, 7) is 11.5. The summed E-state index contributed by atoms with van der Waals surface area (Å²) in [6.07, 6.45) is -0.222. The lowest BCUT2D eigenvalue weighted by Gasteiger charge is -2.33. The van der Waals surface area contributed by atoms with Gasteiger partial charge in [0.1, 0.15) is 5.01 Å².